The van der Waals surface area contributed by atoms with Crippen molar-refractivity contribution in [3.8, 4) is 5.75 Å². The maximum atomic E-state index is 11.0. The summed E-state index contributed by atoms with van der Waals surface area (Å²) in [7, 11) is 0. The second kappa shape index (κ2) is 6.78. The monoisotopic (exact) mass is 282 g/mol. The number of primary amides is 1. The first-order chi connectivity index (χ1) is 9.16. The van der Waals surface area contributed by atoms with Crippen molar-refractivity contribution < 1.29 is 9.53 Å². The Bertz CT molecular complexity index is 445. The maximum Gasteiger partial charge on any atom is 0.248 e. The molecule has 1 atom stereocenters. The molecule has 0 saturated carbocycles. The van der Waals surface area contributed by atoms with Gasteiger partial charge in [-0.1, -0.05) is 18.0 Å². The van der Waals surface area contributed by atoms with Crippen LogP contribution in [0.5, 0.6) is 5.75 Å². The number of hydrogen-bond acceptors (Lipinski definition) is 3. The van der Waals surface area contributed by atoms with Crippen LogP contribution >= 0.6 is 11.6 Å². The SMILES string of the molecule is NC(=O)c1ccc(OCCC2CCCCN2)c(Cl)c1. The predicted molar refractivity (Wildman–Crippen MR) is 75.7 cm³/mol. The Hall–Kier alpha value is -1.26. The van der Waals surface area contributed by atoms with Crippen molar-refractivity contribution in [2.45, 2.75) is 31.7 Å². The summed E-state index contributed by atoms with van der Waals surface area (Å²) in [6.07, 6.45) is 4.72. The predicted octanol–water partition coefficient (Wildman–Crippen LogP) is 2.35. The van der Waals surface area contributed by atoms with E-state index >= 15 is 0 Å². The third kappa shape index (κ3) is 4.11. The van der Waals surface area contributed by atoms with Crippen molar-refractivity contribution in [1.29, 1.82) is 0 Å². The lowest BCUT2D eigenvalue weighted by Crippen LogP contribution is -2.35. The van der Waals surface area contributed by atoms with Crippen LogP contribution < -0.4 is 15.8 Å². The second-order valence-electron chi connectivity index (χ2n) is 4.79. The van der Waals surface area contributed by atoms with Gasteiger partial charge in [0.05, 0.1) is 11.6 Å². The number of nitrogens with two attached hydrogens (primary N) is 1. The molecule has 1 unspecified atom stereocenters. The van der Waals surface area contributed by atoms with E-state index in [0.29, 0.717) is 29.0 Å². The van der Waals surface area contributed by atoms with Crippen LogP contribution in [0.1, 0.15) is 36.0 Å². The number of nitrogens with one attached hydrogen (secondary N) is 1. The highest BCUT2D eigenvalue weighted by Gasteiger charge is 2.13. The molecule has 2 rings (SSSR count). The van der Waals surface area contributed by atoms with Crippen LogP contribution in [-0.4, -0.2) is 25.1 Å². The molecule has 1 aliphatic heterocycles. The minimum atomic E-state index is -0.486. The van der Waals surface area contributed by atoms with Gasteiger partial charge in [-0.2, -0.15) is 0 Å². The summed E-state index contributed by atoms with van der Waals surface area (Å²) >= 11 is 6.05. The van der Waals surface area contributed by atoms with Crippen LogP contribution in [0.4, 0.5) is 0 Å². The summed E-state index contributed by atoms with van der Waals surface area (Å²) in [6.45, 7) is 1.71. The van der Waals surface area contributed by atoms with Crippen molar-refractivity contribution in [3.05, 3.63) is 28.8 Å². The van der Waals surface area contributed by atoms with E-state index in [-0.39, 0.29) is 0 Å². The lowest BCUT2D eigenvalue weighted by Gasteiger charge is -2.23. The molecule has 4 nitrogen and oxygen atoms in total. The first-order valence-electron chi connectivity index (χ1n) is 6.62. The number of halogens is 1. The highest BCUT2D eigenvalue weighted by molar-refractivity contribution is 6.32. The fourth-order valence-corrected chi connectivity index (χ4v) is 2.49. The molecule has 3 N–H and O–H groups in total. The zero-order valence-electron chi connectivity index (χ0n) is 10.8. The Kier molecular flexibility index (Phi) is 5.05. The second-order valence-corrected chi connectivity index (χ2v) is 5.20. The van der Waals surface area contributed by atoms with Gasteiger partial charge < -0.3 is 15.8 Å². The minimum Gasteiger partial charge on any atom is -0.492 e. The molecule has 1 aromatic carbocycles. The molecule has 1 heterocycles. The van der Waals surface area contributed by atoms with Crippen molar-refractivity contribution >= 4 is 17.5 Å². The van der Waals surface area contributed by atoms with Crippen LogP contribution in [-0.2, 0) is 0 Å². The summed E-state index contributed by atoms with van der Waals surface area (Å²) < 4.78 is 5.65. The first kappa shape index (κ1) is 14.2. The third-order valence-corrected chi connectivity index (χ3v) is 3.65. The smallest absolute Gasteiger partial charge is 0.248 e. The van der Waals surface area contributed by atoms with E-state index in [1.807, 2.05) is 0 Å². The van der Waals surface area contributed by atoms with E-state index in [9.17, 15) is 4.79 Å². The summed E-state index contributed by atoms with van der Waals surface area (Å²) in [6, 6.07) is 5.40. The van der Waals surface area contributed by atoms with Gasteiger partial charge in [0.15, 0.2) is 0 Å². The third-order valence-electron chi connectivity index (χ3n) is 3.35. The molecular weight excluding hydrogens is 264 g/mol. The fourth-order valence-electron chi connectivity index (χ4n) is 2.25. The molecule has 1 fully saturated rings. The van der Waals surface area contributed by atoms with Gasteiger partial charge in [0.25, 0.3) is 0 Å². The van der Waals surface area contributed by atoms with Crippen molar-refractivity contribution in [3.63, 3.8) is 0 Å². The van der Waals surface area contributed by atoms with Gasteiger partial charge in [-0.15, -0.1) is 0 Å². The molecule has 0 radical (unpaired) electrons. The molecule has 19 heavy (non-hydrogen) atoms. The summed E-state index contributed by atoms with van der Waals surface area (Å²) in [5.41, 5.74) is 5.58. The molecule has 0 aliphatic carbocycles. The zero-order chi connectivity index (χ0) is 13.7. The average Bonchev–Trinajstić information content (AvgIpc) is 2.41. The van der Waals surface area contributed by atoms with Crippen molar-refractivity contribution in [2.24, 2.45) is 5.73 Å². The average molecular weight is 283 g/mol. The van der Waals surface area contributed by atoms with Gasteiger partial charge in [-0.3, -0.25) is 4.79 Å². The van der Waals surface area contributed by atoms with Crippen LogP contribution in [0.2, 0.25) is 5.02 Å². The lowest BCUT2D eigenvalue weighted by molar-refractivity contribution is 0.100. The number of ether oxygens (including phenoxy) is 1. The zero-order valence-corrected chi connectivity index (χ0v) is 11.6. The van der Waals surface area contributed by atoms with Gasteiger partial charge >= 0.3 is 0 Å². The number of hydrogen-bond donors (Lipinski definition) is 2. The standard InChI is InChI=1S/C14H19ClN2O2/c15-12-9-10(14(16)18)4-5-13(12)19-8-6-11-3-1-2-7-17-11/h4-5,9,11,17H,1-3,6-8H2,(H2,16,18). The molecule has 1 aliphatic rings. The van der Waals surface area contributed by atoms with E-state index < -0.39 is 5.91 Å². The summed E-state index contributed by atoms with van der Waals surface area (Å²) in [5, 5.41) is 3.89. The molecule has 0 spiro atoms. The molecule has 0 aromatic heterocycles. The number of carbonyl (C=O) groups is 1. The first-order valence-corrected chi connectivity index (χ1v) is 7.00. The number of amides is 1. The van der Waals surface area contributed by atoms with Gasteiger partial charge in [0.2, 0.25) is 5.91 Å². The van der Waals surface area contributed by atoms with Gasteiger partial charge in [-0.25, -0.2) is 0 Å². The minimum absolute atomic E-state index is 0.395. The van der Waals surface area contributed by atoms with E-state index in [1.165, 1.54) is 25.3 Å². The maximum absolute atomic E-state index is 11.0. The Morgan fingerprint density at radius 1 is 1.47 bits per heavy atom. The topological polar surface area (TPSA) is 64.4 Å². The van der Waals surface area contributed by atoms with E-state index in [2.05, 4.69) is 5.32 Å². The lowest BCUT2D eigenvalue weighted by atomic mass is 10.0. The molecule has 1 aromatic rings. The molecule has 5 heteroatoms. The van der Waals surface area contributed by atoms with Gasteiger partial charge in [0, 0.05) is 11.6 Å². The Morgan fingerprint density at radius 3 is 2.95 bits per heavy atom. The van der Waals surface area contributed by atoms with E-state index in [1.54, 1.807) is 12.1 Å². The summed E-state index contributed by atoms with van der Waals surface area (Å²) in [4.78, 5) is 11.0. The van der Waals surface area contributed by atoms with Crippen LogP contribution in [0, 0.1) is 0 Å². The fraction of sp³-hybridized carbons (Fsp3) is 0.500. The normalized spacial score (nSPS) is 19.1. The van der Waals surface area contributed by atoms with E-state index in [4.69, 9.17) is 22.1 Å². The van der Waals surface area contributed by atoms with E-state index in [0.717, 1.165) is 13.0 Å². The number of carbonyl (C=O) groups excluding carboxylic acids is 1. The Balaban J connectivity index is 1.83. The highest BCUT2D eigenvalue weighted by Crippen LogP contribution is 2.25. The Morgan fingerprint density at radius 2 is 2.32 bits per heavy atom. The quantitative estimate of drug-likeness (QED) is 0.871. The number of benzene rings is 1. The molecule has 0 bridgehead atoms. The summed E-state index contributed by atoms with van der Waals surface area (Å²) in [5.74, 6) is 0.113. The largest absolute Gasteiger partial charge is 0.492 e. The Labute approximate surface area is 118 Å². The molecule has 1 amide bonds. The van der Waals surface area contributed by atoms with Gasteiger partial charge in [-0.05, 0) is 44.0 Å². The molecular formula is C14H19ClN2O2. The van der Waals surface area contributed by atoms with Gasteiger partial charge in [0.1, 0.15) is 5.75 Å². The highest BCUT2D eigenvalue weighted by atomic mass is 35.5. The van der Waals surface area contributed by atoms with Crippen LogP contribution in [0.15, 0.2) is 18.2 Å². The number of rotatable bonds is 5. The van der Waals surface area contributed by atoms with Crippen molar-refractivity contribution in [1.82, 2.24) is 5.32 Å². The van der Waals surface area contributed by atoms with Crippen LogP contribution in [0.3, 0.4) is 0 Å². The van der Waals surface area contributed by atoms with Crippen LogP contribution in [0.25, 0.3) is 0 Å². The molecule has 1 saturated heterocycles. The molecule has 104 valence electrons. The number of piperidine rings is 1. The van der Waals surface area contributed by atoms with Crippen molar-refractivity contribution in [2.75, 3.05) is 13.2 Å².